The van der Waals surface area contributed by atoms with E-state index in [0.717, 1.165) is 57.3 Å². The average Bonchev–Trinajstić information content (AvgIpc) is 3.27. The number of carbonyl (C=O) groups is 1. The zero-order chi connectivity index (χ0) is 21.4. The van der Waals surface area contributed by atoms with Gasteiger partial charge in [-0.15, -0.1) is 11.3 Å². The topological polar surface area (TPSA) is 53.4 Å². The number of fused-ring (bicyclic) bond motifs is 1. The molecule has 1 saturated heterocycles. The SMILES string of the molecule is CC(C)N1CCC(NC(=O)c2cc3nc(N(C)C)n(-c4ccc(Br)cc4)c3s2)CC1. The summed E-state index contributed by atoms with van der Waals surface area (Å²) in [4.78, 5) is 23.9. The van der Waals surface area contributed by atoms with Crippen LogP contribution in [0.5, 0.6) is 0 Å². The number of likely N-dealkylation sites (tertiary alicyclic amines) is 1. The highest BCUT2D eigenvalue weighted by Crippen LogP contribution is 2.33. The molecule has 4 rings (SSSR count). The van der Waals surface area contributed by atoms with Crippen LogP contribution in [-0.2, 0) is 0 Å². The van der Waals surface area contributed by atoms with Crippen LogP contribution >= 0.6 is 27.3 Å². The van der Waals surface area contributed by atoms with Crippen LogP contribution < -0.4 is 10.2 Å². The monoisotopic (exact) mass is 489 g/mol. The van der Waals surface area contributed by atoms with Gasteiger partial charge in [-0.25, -0.2) is 4.98 Å². The molecule has 3 aromatic rings. The molecule has 0 saturated carbocycles. The summed E-state index contributed by atoms with van der Waals surface area (Å²) in [6.45, 7) is 6.53. The van der Waals surface area contributed by atoms with Gasteiger partial charge >= 0.3 is 0 Å². The fourth-order valence-electron chi connectivity index (χ4n) is 3.91. The van der Waals surface area contributed by atoms with Gasteiger partial charge in [0, 0.05) is 49.4 Å². The molecule has 160 valence electrons. The summed E-state index contributed by atoms with van der Waals surface area (Å²) in [6, 6.07) is 10.9. The summed E-state index contributed by atoms with van der Waals surface area (Å²) in [7, 11) is 3.97. The Hall–Kier alpha value is -1.90. The molecule has 6 nitrogen and oxygen atoms in total. The number of imidazole rings is 1. The van der Waals surface area contributed by atoms with Crippen molar-refractivity contribution in [3.63, 3.8) is 0 Å². The van der Waals surface area contributed by atoms with E-state index in [4.69, 9.17) is 4.98 Å². The summed E-state index contributed by atoms with van der Waals surface area (Å²) in [5, 5.41) is 3.24. The van der Waals surface area contributed by atoms with Crippen molar-refractivity contribution in [2.45, 2.75) is 38.8 Å². The Morgan fingerprint density at radius 1 is 1.23 bits per heavy atom. The first-order chi connectivity index (χ1) is 14.3. The molecule has 1 aliphatic heterocycles. The molecular formula is C22H28BrN5OS. The minimum atomic E-state index is 0.00903. The van der Waals surface area contributed by atoms with Crippen LogP contribution in [0.4, 0.5) is 5.95 Å². The number of amides is 1. The Bertz CT molecular complexity index is 1030. The molecule has 3 heterocycles. The number of halogens is 1. The molecule has 1 aromatic carbocycles. The number of thiophene rings is 1. The van der Waals surface area contributed by atoms with Crippen molar-refractivity contribution in [1.29, 1.82) is 0 Å². The lowest BCUT2D eigenvalue weighted by Crippen LogP contribution is -2.46. The van der Waals surface area contributed by atoms with Crippen LogP contribution in [0.2, 0.25) is 0 Å². The van der Waals surface area contributed by atoms with Crippen molar-refractivity contribution in [3.05, 3.63) is 39.7 Å². The molecule has 1 fully saturated rings. The van der Waals surface area contributed by atoms with Crippen LogP contribution in [0, 0.1) is 0 Å². The number of nitrogens with zero attached hydrogens (tertiary/aromatic N) is 4. The quantitative estimate of drug-likeness (QED) is 0.572. The van der Waals surface area contributed by atoms with E-state index < -0.39 is 0 Å². The van der Waals surface area contributed by atoms with Crippen LogP contribution in [0.1, 0.15) is 36.4 Å². The lowest BCUT2D eigenvalue weighted by Gasteiger charge is -2.34. The zero-order valence-electron chi connectivity index (χ0n) is 17.9. The maximum Gasteiger partial charge on any atom is 0.261 e. The maximum absolute atomic E-state index is 12.9. The number of nitrogens with one attached hydrogen (secondary N) is 1. The predicted molar refractivity (Wildman–Crippen MR) is 128 cm³/mol. The molecule has 0 spiro atoms. The molecule has 2 aromatic heterocycles. The Morgan fingerprint density at radius 2 is 1.90 bits per heavy atom. The van der Waals surface area contributed by atoms with Crippen molar-refractivity contribution in [3.8, 4) is 5.69 Å². The van der Waals surface area contributed by atoms with E-state index >= 15 is 0 Å². The molecule has 8 heteroatoms. The second-order valence-corrected chi connectivity index (χ2v) is 10.2. The van der Waals surface area contributed by atoms with Gasteiger partial charge in [-0.2, -0.15) is 0 Å². The third-order valence-electron chi connectivity index (χ3n) is 5.62. The van der Waals surface area contributed by atoms with Crippen LogP contribution in [-0.4, -0.2) is 59.6 Å². The first-order valence-corrected chi connectivity index (χ1v) is 11.9. The molecular weight excluding hydrogens is 462 g/mol. The third-order valence-corrected chi connectivity index (χ3v) is 7.26. The molecule has 0 aliphatic carbocycles. The Balaban J connectivity index is 1.58. The van der Waals surface area contributed by atoms with Crippen molar-refractivity contribution in [2.24, 2.45) is 0 Å². The number of hydrogen-bond donors (Lipinski definition) is 1. The van der Waals surface area contributed by atoms with E-state index in [1.54, 1.807) is 0 Å². The van der Waals surface area contributed by atoms with Gasteiger partial charge in [-0.3, -0.25) is 9.36 Å². The van der Waals surface area contributed by atoms with E-state index in [1.165, 1.54) is 11.3 Å². The minimum Gasteiger partial charge on any atom is -0.349 e. The first kappa shape index (κ1) is 21.3. The number of rotatable bonds is 5. The minimum absolute atomic E-state index is 0.00903. The third kappa shape index (κ3) is 4.26. The van der Waals surface area contributed by atoms with Gasteiger partial charge < -0.3 is 15.1 Å². The number of anilines is 1. The van der Waals surface area contributed by atoms with Gasteiger partial charge in [-0.05, 0) is 57.0 Å². The normalized spacial score (nSPS) is 15.8. The molecule has 0 unspecified atom stereocenters. The highest BCUT2D eigenvalue weighted by molar-refractivity contribution is 9.10. The van der Waals surface area contributed by atoms with Crippen molar-refractivity contribution in [2.75, 3.05) is 32.1 Å². The fourth-order valence-corrected chi connectivity index (χ4v) is 5.19. The molecule has 0 radical (unpaired) electrons. The van der Waals surface area contributed by atoms with Crippen LogP contribution in [0.15, 0.2) is 34.8 Å². The van der Waals surface area contributed by atoms with E-state index in [2.05, 4.69) is 56.7 Å². The summed E-state index contributed by atoms with van der Waals surface area (Å²) >= 11 is 5.00. The molecule has 0 bridgehead atoms. The second-order valence-electron chi connectivity index (χ2n) is 8.30. The highest BCUT2D eigenvalue weighted by Gasteiger charge is 2.24. The largest absolute Gasteiger partial charge is 0.349 e. The van der Waals surface area contributed by atoms with Crippen molar-refractivity contribution < 1.29 is 4.79 Å². The lowest BCUT2D eigenvalue weighted by molar-refractivity contribution is 0.0905. The number of carbonyl (C=O) groups excluding carboxylic acids is 1. The first-order valence-electron chi connectivity index (χ1n) is 10.3. The standard InChI is InChI=1S/C22H28BrN5OS/c1-14(2)27-11-9-16(10-12-27)24-20(29)19-13-18-21(30-19)28(22(25-18)26(3)4)17-7-5-15(23)6-8-17/h5-8,13-14,16H,9-12H2,1-4H3,(H,24,29). The van der Waals surface area contributed by atoms with Crippen LogP contribution in [0.25, 0.3) is 16.0 Å². The maximum atomic E-state index is 12.9. The average molecular weight is 490 g/mol. The number of piperidine rings is 1. The van der Waals surface area contributed by atoms with Gasteiger partial charge in [-0.1, -0.05) is 15.9 Å². The highest BCUT2D eigenvalue weighted by atomic mass is 79.9. The number of benzene rings is 1. The molecule has 1 aliphatic rings. The van der Waals surface area contributed by atoms with Gasteiger partial charge in [0.2, 0.25) is 5.95 Å². The number of aromatic nitrogens is 2. The zero-order valence-corrected chi connectivity index (χ0v) is 20.3. The summed E-state index contributed by atoms with van der Waals surface area (Å²) < 4.78 is 3.15. The van der Waals surface area contributed by atoms with Gasteiger partial charge in [0.05, 0.1) is 4.88 Å². The summed E-state index contributed by atoms with van der Waals surface area (Å²) in [5.41, 5.74) is 1.88. The Morgan fingerprint density at radius 3 is 2.50 bits per heavy atom. The van der Waals surface area contributed by atoms with E-state index in [-0.39, 0.29) is 11.9 Å². The molecule has 1 N–H and O–H groups in total. The van der Waals surface area contributed by atoms with Crippen LogP contribution in [0.3, 0.4) is 0 Å². The lowest BCUT2D eigenvalue weighted by atomic mass is 10.0. The predicted octanol–water partition coefficient (Wildman–Crippen LogP) is 4.52. The van der Waals surface area contributed by atoms with E-state index in [9.17, 15) is 4.79 Å². The Labute approximate surface area is 190 Å². The molecule has 0 atom stereocenters. The fraction of sp³-hybridized carbons (Fsp3) is 0.455. The second kappa shape index (κ2) is 8.69. The van der Waals surface area contributed by atoms with E-state index in [1.807, 2.05) is 37.2 Å². The van der Waals surface area contributed by atoms with Gasteiger partial charge in [0.25, 0.3) is 5.91 Å². The summed E-state index contributed by atoms with van der Waals surface area (Å²) in [5.74, 6) is 0.862. The van der Waals surface area contributed by atoms with Crippen molar-refractivity contribution in [1.82, 2.24) is 19.8 Å². The number of hydrogen-bond acceptors (Lipinski definition) is 5. The molecule has 1 amide bonds. The van der Waals surface area contributed by atoms with Gasteiger partial charge in [0.15, 0.2) is 0 Å². The van der Waals surface area contributed by atoms with Gasteiger partial charge in [0.1, 0.15) is 10.3 Å². The van der Waals surface area contributed by atoms with E-state index in [0.29, 0.717) is 6.04 Å². The summed E-state index contributed by atoms with van der Waals surface area (Å²) in [6.07, 6.45) is 2.01. The molecule has 30 heavy (non-hydrogen) atoms. The smallest absolute Gasteiger partial charge is 0.261 e. The Kier molecular flexibility index (Phi) is 6.18. The van der Waals surface area contributed by atoms with Crippen molar-refractivity contribution >= 4 is 49.5 Å².